The van der Waals surface area contributed by atoms with Crippen molar-refractivity contribution in [3.8, 4) is 0 Å². The van der Waals surface area contributed by atoms with Gasteiger partial charge in [0.05, 0.1) is 10.4 Å². The van der Waals surface area contributed by atoms with E-state index in [1.54, 1.807) is 19.1 Å². The number of thiophene rings is 1. The van der Waals surface area contributed by atoms with Gasteiger partial charge in [-0.05, 0) is 19.1 Å². The van der Waals surface area contributed by atoms with Gasteiger partial charge in [0.2, 0.25) is 0 Å². The largest absolute Gasteiger partial charge is 0.360 e. The van der Waals surface area contributed by atoms with Crippen LogP contribution in [-0.2, 0) is 0 Å². The van der Waals surface area contributed by atoms with Crippen LogP contribution in [0.3, 0.4) is 0 Å². The second-order valence-electron chi connectivity index (χ2n) is 5.05. The summed E-state index contributed by atoms with van der Waals surface area (Å²) in [5.74, 6) is 0.772. The number of rotatable bonds is 2. The first-order chi connectivity index (χ1) is 11.1. The first-order valence-electron chi connectivity index (χ1n) is 6.84. The monoisotopic (exact) mass is 343 g/mol. The fourth-order valence-corrected chi connectivity index (χ4v) is 3.77. The molecule has 0 fully saturated rings. The molecule has 4 rings (SSSR count). The van der Waals surface area contributed by atoms with Crippen LogP contribution in [0.15, 0.2) is 40.9 Å². The first kappa shape index (κ1) is 14.2. The number of benzene rings is 1. The fraction of sp³-hybridized carbons (Fsp3) is 0.0625. The van der Waals surface area contributed by atoms with E-state index in [0.717, 1.165) is 21.0 Å². The van der Waals surface area contributed by atoms with Gasteiger partial charge in [-0.2, -0.15) is 0 Å². The number of hydrogen-bond donors (Lipinski definition) is 1. The van der Waals surface area contributed by atoms with Gasteiger partial charge in [-0.25, -0.2) is 4.98 Å². The number of halogens is 1. The lowest BCUT2D eigenvalue weighted by Gasteiger charge is -1.99. The van der Waals surface area contributed by atoms with E-state index in [4.69, 9.17) is 16.1 Å². The van der Waals surface area contributed by atoms with Crippen molar-refractivity contribution in [3.05, 3.63) is 52.2 Å². The molecule has 3 heterocycles. The number of aryl methyl sites for hydroxylation is 1. The van der Waals surface area contributed by atoms with Crippen molar-refractivity contribution in [1.29, 1.82) is 0 Å². The Morgan fingerprint density at radius 2 is 2.09 bits per heavy atom. The van der Waals surface area contributed by atoms with Crippen molar-refractivity contribution in [2.75, 3.05) is 5.32 Å². The Morgan fingerprint density at radius 3 is 2.87 bits per heavy atom. The van der Waals surface area contributed by atoms with Gasteiger partial charge in [0.15, 0.2) is 5.82 Å². The number of carbonyl (C=O) groups excluding carboxylic acids is 1. The van der Waals surface area contributed by atoms with Gasteiger partial charge in [-0.3, -0.25) is 4.79 Å². The van der Waals surface area contributed by atoms with Gasteiger partial charge < -0.3 is 9.84 Å². The molecule has 3 aromatic heterocycles. The Hall–Kier alpha value is -2.44. The molecule has 0 aliphatic carbocycles. The number of para-hydroxylation sites is 1. The zero-order valence-corrected chi connectivity index (χ0v) is 13.5. The molecular weight excluding hydrogens is 334 g/mol. The van der Waals surface area contributed by atoms with E-state index < -0.39 is 0 Å². The summed E-state index contributed by atoms with van der Waals surface area (Å²) in [6.07, 6.45) is 0. The summed E-state index contributed by atoms with van der Waals surface area (Å²) in [7, 11) is 0. The Morgan fingerprint density at radius 1 is 1.26 bits per heavy atom. The Kier molecular flexibility index (Phi) is 3.28. The van der Waals surface area contributed by atoms with Gasteiger partial charge in [0.1, 0.15) is 10.9 Å². The van der Waals surface area contributed by atoms with Crippen LogP contribution in [0.1, 0.15) is 15.4 Å². The van der Waals surface area contributed by atoms with Crippen LogP contribution in [0.5, 0.6) is 0 Å². The first-order valence-corrected chi connectivity index (χ1v) is 8.04. The fourth-order valence-electron chi connectivity index (χ4n) is 2.39. The van der Waals surface area contributed by atoms with E-state index in [-0.39, 0.29) is 5.91 Å². The molecule has 0 unspecified atom stereocenters. The summed E-state index contributed by atoms with van der Waals surface area (Å²) in [6.45, 7) is 1.76. The summed E-state index contributed by atoms with van der Waals surface area (Å²) in [5.41, 5.74) is 0.811. The third-order valence-electron chi connectivity index (χ3n) is 3.41. The van der Waals surface area contributed by atoms with E-state index in [2.05, 4.69) is 15.5 Å². The van der Waals surface area contributed by atoms with E-state index in [9.17, 15) is 4.79 Å². The summed E-state index contributed by atoms with van der Waals surface area (Å²) in [6, 6.07) is 11.1. The molecule has 0 spiro atoms. The Bertz CT molecular complexity index is 1050. The number of nitrogens with zero attached hydrogens (tertiary/aromatic N) is 2. The lowest BCUT2D eigenvalue weighted by molar-refractivity contribution is 0.102. The number of amides is 1. The van der Waals surface area contributed by atoms with Crippen LogP contribution in [0, 0.1) is 6.92 Å². The molecule has 1 aromatic carbocycles. The third kappa shape index (κ3) is 2.46. The molecule has 5 nitrogen and oxygen atoms in total. The predicted octanol–water partition coefficient (Wildman–Crippen LogP) is 4.65. The molecule has 0 saturated heterocycles. The molecule has 0 radical (unpaired) electrons. The maximum absolute atomic E-state index is 12.4. The summed E-state index contributed by atoms with van der Waals surface area (Å²) < 4.78 is 5.89. The number of nitrogens with one attached hydrogen (secondary N) is 1. The average molecular weight is 344 g/mol. The molecule has 4 aromatic rings. The zero-order valence-electron chi connectivity index (χ0n) is 12.0. The highest BCUT2D eigenvalue weighted by Crippen LogP contribution is 2.35. The molecule has 0 bridgehead atoms. The van der Waals surface area contributed by atoms with Crippen molar-refractivity contribution in [2.45, 2.75) is 6.92 Å². The molecule has 0 aliphatic rings. The van der Waals surface area contributed by atoms with Gasteiger partial charge >= 0.3 is 0 Å². The van der Waals surface area contributed by atoms with Gasteiger partial charge in [0, 0.05) is 21.5 Å². The maximum atomic E-state index is 12.4. The molecule has 0 saturated carbocycles. The minimum absolute atomic E-state index is 0.250. The van der Waals surface area contributed by atoms with Crippen LogP contribution in [0.2, 0.25) is 5.15 Å². The Balaban J connectivity index is 1.80. The molecule has 23 heavy (non-hydrogen) atoms. The summed E-state index contributed by atoms with van der Waals surface area (Å²) in [4.78, 5) is 17.3. The van der Waals surface area contributed by atoms with Gasteiger partial charge in [-0.15, -0.1) is 11.3 Å². The smallest absolute Gasteiger partial charge is 0.267 e. The number of carbonyl (C=O) groups is 1. The maximum Gasteiger partial charge on any atom is 0.267 e. The van der Waals surface area contributed by atoms with Gasteiger partial charge in [-0.1, -0.05) is 35.0 Å². The highest BCUT2D eigenvalue weighted by Gasteiger charge is 2.16. The number of fused-ring (bicyclic) bond motifs is 3. The SMILES string of the molecule is Cc1cc(NC(=O)c2cc3c(Cl)nc4ccccc4c3s2)no1. The molecule has 1 N–H and O–H groups in total. The molecule has 114 valence electrons. The molecule has 0 aliphatic heterocycles. The second kappa shape index (κ2) is 5.33. The van der Waals surface area contributed by atoms with Crippen LogP contribution >= 0.6 is 22.9 Å². The third-order valence-corrected chi connectivity index (χ3v) is 4.87. The lowest BCUT2D eigenvalue weighted by Crippen LogP contribution is -2.10. The second-order valence-corrected chi connectivity index (χ2v) is 6.46. The standard InChI is InChI=1S/C16H10ClN3O2S/c1-8-6-13(20-22-8)19-16(21)12-7-10-14(23-12)9-4-2-3-5-11(9)18-15(10)17/h2-7H,1H3,(H,19,20,21). The zero-order chi connectivity index (χ0) is 16.0. The number of pyridine rings is 1. The average Bonchev–Trinajstić information content (AvgIpc) is 3.14. The van der Waals surface area contributed by atoms with Crippen molar-refractivity contribution in [1.82, 2.24) is 10.1 Å². The molecular formula is C16H10ClN3O2S. The van der Waals surface area contributed by atoms with Crippen molar-refractivity contribution in [3.63, 3.8) is 0 Å². The van der Waals surface area contributed by atoms with Crippen LogP contribution in [0.25, 0.3) is 21.0 Å². The quantitative estimate of drug-likeness (QED) is 0.538. The number of anilines is 1. The predicted molar refractivity (Wildman–Crippen MR) is 91.3 cm³/mol. The van der Waals surface area contributed by atoms with Crippen molar-refractivity contribution >= 4 is 55.7 Å². The normalized spacial score (nSPS) is 11.2. The van der Waals surface area contributed by atoms with E-state index >= 15 is 0 Å². The van der Waals surface area contributed by atoms with Crippen molar-refractivity contribution < 1.29 is 9.32 Å². The van der Waals surface area contributed by atoms with Crippen LogP contribution in [0.4, 0.5) is 5.82 Å². The molecule has 1 amide bonds. The van der Waals surface area contributed by atoms with E-state index in [0.29, 0.717) is 21.6 Å². The number of hydrogen-bond acceptors (Lipinski definition) is 5. The molecule has 0 atom stereocenters. The van der Waals surface area contributed by atoms with E-state index in [1.807, 2.05) is 24.3 Å². The highest BCUT2D eigenvalue weighted by atomic mass is 35.5. The summed E-state index contributed by atoms with van der Waals surface area (Å²) in [5, 5.41) is 8.62. The molecule has 7 heteroatoms. The number of aromatic nitrogens is 2. The minimum Gasteiger partial charge on any atom is -0.360 e. The van der Waals surface area contributed by atoms with Gasteiger partial charge in [0.25, 0.3) is 5.91 Å². The van der Waals surface area contributed by atoms with Crippen LogP contribution in [-0.4, -0.2) is 16.0 Å². The van der Waals surface area contributed by atoms with E-state index in [1.165, 1.54) is 11.3 Å². The lowest BCUT2D eigenvalue weighted by atomic mass is 10.2. The van der Waals surface area contributed by atoms with Crippen molar-refractivity contribution in [2.24, 2.45) is 0 Å². The topological polar surface area (TPSA) is 68.0 Å². The summed E-state index contributed by atoms with van der Waals surface area (Å²) >= 11 is 7.63. The Labute approximate surface area is 139 Å². The van der Waals surface area contributed by atoms with Crippen LogP contribution < -0.4 is 5.32 Å². The highest BCUT2D eigenvalue weighted by molar-refractivity contribution is 7.22. The minimum atomic E-state index is -0.250.